The van der Waals surface area contributed by atoms with Gasteiger partial charge in [-0.15, -0.1) is 0 Å². The Morgan fingerprint density at radius 3 is 2.22 bits per heavy atom. The first kappa shape index (κ1) is 16.9. The lowest BCUT2D eigenvalue weighted by Gasteiger charge is -2.06. The van der Waals surface area contributed by atoms with Gasteiger partial charge in [-0.25, -0.2) is 0 Å². The quantitative estimate of drug-likeness (QED) is 0.421. The van der Waals surface area contributed by atoms with E-state index in [9.17, 15) is 9.59 Å². The highest BCUT2D eigenvalue weighted by atomic mass is 16.6. The number of hydrogen-bond acceptors (Lipinski definition) is 5. The predicted molar refractivity (Wildman–Crippen MR) is 64.4 cm³/mol. The molecular formula is C12H22O6. The smallest absolute Gasteiger partial charge is 0.305 e. The summed E-state index contributed by atoms with van der Waals surface area (Å²) in [5, 5.41) is 8.40. The van der Waals surface area contributed by atoms with Crippen LogP contribution in [-0.4, -0.2) is 50.1 Å². The van der Waals surface area contributed by atoms with E-state index in [1.54, 1.807) is 0 Å². The number of carbonyl (C=O) groups excluding carboxylic acids is 1. The Morgan fingerprint density at radius 1 is 0.944 bits per heavy atom. The molecule has 0 aromatic heterocycles. The number of carboxylic acids is 1. The first-order valence-corrected chi connectivity index (χ1v) is 6.19. The van der Waals surface area contributed by atoms with Gasteiger partial charge in [0.2, 0.25) is 0 Å². The highest BCUT2D eigenvalue weighted by molar-refractivity contribution is 5.69. The number of esters is 1. The van der Waals surface area contributed by atoms with Crippen molar-refractivity contribution in [1.82, 2.24) is 0 Å². The van der Waals surface area contributed by atoms with Crippen LogP contribution in [0.4, 0.5) is 0 Å². The molecular weight excluding hydrogens is 240 g/mol. The van der Waals surface area contributed by atoms with E-state index in [0.29, 0.717) is 39.3 Å². The first-order valence-electron chi connectivity index (χ1n) is 6.19. The number of ether oxygens (including phenoxy) is 3. The number of rotatable bonds is 12. The molecule has 0 aliphatic rings. The van der Waals surface area contributed by atoms with Crippen LogP contribution in [0.1, 0.15) is 32.6 Å². The molecule has 0 aliphatic carbocycles. The second-order valence-electron chi connectivity index (χ2n) is 3.63. The Balaban J connectivity index is 3.19. The molecule has 0 spiro atoms. The van der Waals surface area contributed by atoms with Crippen molar-refractivity contribution in [2.24, 2.45) is 0 Å². The Kier molecular flexibility index (Phi) is 11.5. The van der Waals surface area contributed by atoms with Crippen molar-refractivity contribution in [1.29, 1.82) is 0 Å². The molecule has 0 radical (unpaired) electrons. The van der Waals surface area contributed by atoms with Crippen LogP contribution < -0.4 is 0 Å². The van der Waals surface area contributed by atoms with Crippen LogP contribution in [0.2, 0.25) is 0 Å². The molecule has 0 atom stereocenters. The van der Waals surface area contributed by atoms with Gasteiger partial charge in [-0.05, 0) is 19.8 Å². The van der Waals surface area contributed by atoms with Crippen molar-refractivity contribution in [3.63, 3.8) is 0 Å². The minimum atomic E-state index is -0.842. The summed E-state index contributed by atoms with van der Waals surface area (Å²) in [4.78, 5) is 21.4. The van der Waals surface area contributed by atoms with Gasteiger partial charge < -0.3 is 19.3 Å². The zero-order chi connectivity index (χ0) is 13.6. The van der Waals surface area contributed by atoms with Crippen molar-refractivity contribution in [3.05, 3.63) is 0 Å². The maximum absolute atomic E-state index is 11.2. The highest BCUT2D eigenvalue weighted by Gasteiger charge is 2.03. The number of carboxylic acid groups (broad SMARTS) is 1. The fourth-order valence-electron chi connectivity index (χ4n) is 1.20. The third kappa shape index (κ3) is 12.9. The van der Waals surface area contributed by atoms with Gasteiger partial charge >= 0.3 is 11.9 Å². The fourth-order valence-corrected chi connectivity index (χ4v) is 1.20. The van der Waals surface area contributed by atoms with Crippen molar-refractivity contribution < 1.29 is 28.9 Å². The van der Waals surface area contributed by atoms with E-state index < -0.39 is 5.97 Å². The lowest BCUT2D eigenvalue weighted by molar-refractivity contribution is -0.146. The summed E-state index contributed by atoms with van der Waals surface area (Å²) in [7, 11) is 0. The zero-order valence-corrected chi connectivity index (χ0v) is 10.9. The third-order valence-electron chi connectivity index (χ3n) is 2.09. The van der Waals surface area contributed by atoms with Crippen molar-refractivity contribution in [2.75, 3.05) is 33.0 Å². The lowest BCUT2D eigenvalue weighted by atomic mass is 10.2. The molecule has 0 saturated heterocycles. The summed E-state index contributed by atoms with van der Waals surface area (Å²) in [6.45, 7) is 4.18. The van der Waals surface area contributed by atoms with Gasteiger partial charge in [0.15, 0.2) is 0 Å². The maximum atomic E-state index is 11.2. The molecule has 0 rings (SSSR count). The fraction of sp³-hybridized carbons (Fsp3) is 0.833. The summed E-state index contributed by atoms with van der Waals surface area (Å²) in [5.74, 6) is -1.15. The molecule has 6 nitrogen and oxygen atoms in total. The molecule has 0 aromatic carbocycles. The second-order valence-corrected chi connectivity index (χ2v) is 3.63. The molecule has 0 aliphatic heterocycles. The maximum Gasteiger partial charge on any atom is 0.305 e. The van der Waals surface area contributed by atoms with Crippen molar-refractivity contribution in [2.45, 2.75) is 32.6 Å². The van der Waals surface area contributed by atoms with Gasteiger partial charge in [-0.1, -0.05) is 0 Å². The average Bonchev–Trinajstić information content (AvgIpc) is 2.33. The first-order chi connectivity index (χ1) is 8.66. The summed E-state index contributed by atoms with van der Waals surface area (Å²) >= 11 is 0. The Morgan fingerprint density at radius 2 is 1.56 bits per heavy atom. The average molecular weight is 262 g/mol. The molecule has 0 aromatic rings. The Bertz CT molecular complexity index is 229. The molecule has 0 heterocycles. The van der Waals surface area contributed by atoms with E-state index in [2.05, 4.69) is 0 Å². The number of carbonyl (C=O) groups is 2. The Hall–Kier alpha value is -1.14. The van der Waals surface area contributed by atoms with Crippen LogP contribution >= 0.6 is 0 Å². The lowest BCUT2D eigenvalue weighted by Crippen LogP contribution is -2.12. The monoisotopic (exact) mass is 262 g/mol. The molecule has 0 unspecified atom stereocenters. The molecule has 1 N–H and O–H groups in total. The van der Waals surface area contributed by atoms with Crippen LogP contribution in [0.15, 0.2) is 0 Å². The summed E-state index contributed by atoms with van der Waals surface area (Å²) in [6, 6.07) is 0. The normalized spacial score (nSPS) is 10.3. The molecule has 106 valence electrons. The SMILES string of the molecule is CCOCCOCCOC(=O)CCCCC(=O)O. The van der Waals surface area contributed by atoms with E-state index >= 15 is 0 Å². The summed E-state index contributed by atoms with van der Waals surface area (Å²) in [6.07, 6.45) is 1.38. The number of unbranched alkanes of at least 4 members (excludes halogenated alkanes) is 1. The van der Waals surface area contributed by atoms with Crippen molar-refractivity contribution >= 4 is 11.9 Å². The van der Waals surface area contributed by atoms with E-state index in [-0.39, 0.29) is 25.4 Å². The topological polar surface area (TPSA) is 82.1 Å². The molecule has 0 fully saturated rings. The minimum Gasteiger partial charge on any atom is -0.481 e. The van der Waals surface area contributed by atoms with E-state index in [1.165, 1.54) is 0 Å². The van der Waals surface area contributed by atoms with Gasteiger partial charge in [0, 0.05) is 19.4 Å². The minimum absolute atomic E-state index is 0.0911. The van der Waals surface area contributed by atoms with Crippen LogP contribution in [0.3, 0.4) is 0 Å². The van der Waals surface area contributed by atoms with Gasteiger partial charge in [0.25, 0.3) is 0 Å². The summed E-state index contributed by atoms with van der Waals surface area (Å²) < 4.78 is 15.1. The molecule has 6 heteroatoms. The largest absolute Gasteiger partial charge is 0.481 e. The van der Waals surface area contributed by atoms with E-state index in [4.69, 9.17) is 19.3 Å². The third-order valence-corrected chi connectivity index (χ3v) is 2.09. The molecule has 18 heavy (non-hydrogen) atoms. The van der Waals surface area contributed by atoms with Gasteiger partial charge in [0.05, 0.1) is 19.8 Å². The van der Waals surface area contributed by atoms with Crippen LogP contribution in [0.5, 0.6) is 0 Å². The predicted octanol–water partition coefficient (Wildman–Crippen LogP) is 1.23. The Labute approximate surface area is 107 Å². The van der Waals surface area contributed by atoms with Crippen molar-refractivity contribution in [3.8, 4) is 0 Å². The highest BCUT2D eigenvalue weighted by Crippen LogP contribution is 2.01. The standard InChI is InChI=1S/C12H22O6/c1-2-16-7-8-17-9-10-18-12(15)6-4-3-5-11(13)14/h2-10H2,1H3,(H,13,14). The van der Waals surface area contributed by atoms with Gasteiger partial charge in [-0.3, -0.25) is 9.59 Å². The molecule has 0 saturated carbocycles. The molecule has 0 bridgehead atoms. The molecule has 0 amide bonds. The number of hydrogen-bond donors (Lipinski definition) is 1. The van der Waals surface area contributed by atoms with Crippen LogP contribution in [0, 0.1) is 0 Å². The van der Waals surface area contributed by atoms with E-state index in [1.807, 2.05) is 6.92 Å². The number of aliphatic carboxylic acids is 1. The summed E-state index contributed by atoms with van der Waals surface area (Å²) in [5.41, 5.74) is 0. The van der Waals surface area contributed by atoms with Crippen LogP contribution in [0.25, 0.3) is 0 Å². The second kappa shape index (κ2) is 12.3. The van der Waals surface area contributed by atoms with Gasteiger partial charge in [-0.2, -0.15) is 0 Å². The van der Waals surface area contributed by atoms with Gasteiger partial charge in [0.1, 0.15) is 6.61 Å². The van der Waals surface area contributed by atoms with Crippen LogP contribution in [-0.2, 0) is 23.8 Å². The van der Waals surface area contributed by atoms with E-state index in [0.717, 1.165) is 0 Å². The zero-order valence-electron chi connectivity index (χ0n) is 10.9.